The molecular formula is C31H31ClN2O2. The second-order valence-corrected chi connectivity index (χ2v) is 9.32. The molecule has 184 valence electrons. The van der Waals surface area contributed by atoms with Crippen LogP contribution in [0.4, 0.5) is 0 Å². The van der Waals surface area contributed by atoms with Gasteiger partial charge in [-0.1, -0.05) is 96.5 Å². The zero-order valence-corrected chi connectivity index (χ0v) is 21.2. The summed E-state index contributed by atoms with van der Waals surface area (Å²) in [6, 6.07) is 31.1. The summed E-state index contributed by atoms with van der Waals surface area (Å²) in [5.41, 5.74) is 3.07. The highest BCUT2D eigenvalue weighted by Crippen LogP contribution is 2.22. The van der Waals surface area contributed by atoms with Crippen LogP contribution in [-0.4, -0.2) is 29.3 Å². The van der Waals surface area contributed by atoms with E-state index in [2.05, 4.69) is 29.6 Å². The van der Waals surface area contributed by atoms with E-state index in [-0.39, 0.29) is 11.8 Å². The van der Waals surface area contributed by atoms with Crippen molar-refractivity contribution in [2.75, 3.05) is 6.54 Å². The summed E-state index contributed by atoms with van der Waals surface area (Å²) in [7, 11) is 0. The van der Waals surface area contributed by atoms with Gasteiger partial charge in [-0.25, -0.2) is 0 Å². The number of nitrogens with zero attached hydrogens (tertiary/aromatic N) is 1. The minimum atomic E-state index is -0.622. The summed E-state index contributed by atoms with van der Waals surface area (Å²) in [6.45, 7) is 2.73. The van der Waals surface area contributed by atoms with Crippen LogP contribution in [0.15, 0.2) is 97.1 Å². The molecule has 0 aliphatic heterocycles. The highest BCUT2D eigenvalue weighted by atomic mass is 35.5. The Balaban J connectivity index is 1.62. The third-order valence-corrected chi connectivity index (χ3v) is 6.63. The van der Waals surface area contributed by atoms with Gasteiger partial charge < -0.3 is 10.2 Å². The van der Waals surface area contributed by atoms with E-state index >= 15 is 0 Å². The summed E-state index contributed by atoms with van der Waals surface area (Å²) in [5, 5.41) is 5.89. The number of carbonyl (C=O) groups is 2. The fourth-order valence-electron chi connectivity index (χ4n) is 4.53. The molecule has 0 aliphatic rings. The normalized spacial score (nSPS) is 11.7. The molecule has 1 N–H and O–H groups in total. The van der Waals surface area contributed by atoms with Crippen molar-refractivity contribution in [3.8, 4) is 0 Å². The number of fused-ring (bicyclic) bond motifs is 1. The standard InChI is InChI=1S/C31H31ClN2O2/c1-2-33-31(36)29(21-23-9-4-3-5-10-23)34(22-24-15-18-27(32)19-16-24)30(35)20-17-26-13-8-12-25-11-6-7-14-28(25)26/h3-16,18-19,29H,2,17,20-22H2,1H3,(H,33,36)/t29-/m1/s1. The van der Waals surface area contributed by atoms with Crippen molar-refractivity contribution in [2.24, 2.45) is 0 Å². The first kappa shape index (κ1) is 25.5. The van der Waals surface area contributed by atoms with Gasteiger partial charge in [0.1, 0.15) is 6.04 Å². The van der Waals surface area contributed by atoms with E-state index in [1.807, 2.05) is 79.7 Å². The van der Waals surface area contributed by atoms with E-state index in [4.69, 9.17) is 11.6 Å². The Kier molecular flexibility index (Phi) is 8.75. The summed E-state index contributed by atoms with van der Waals surface area (Å²) >= 11 is 6.09. The van der Waals surface area contributed by atoms with Gasteiger partial charge in [-0.05, 0) is 52.9 Å². The number of likely N-dealkylation sites (N-methyl/N-ethyl adjacent to an activating group) is 1. The predicted molar refractivity (Wildman–Crippen MR) is 147 cm³/mol. The lowest BCUT2D eigenvalue weighted by molar-refractivity contribution is -0.141. The van der Waals surface area contributed by atoms with E-state index in [9.17, 15) is 9.59 Å². The Bertz CT molecular complexity index is 1300. The lowest BCUT2D eigenvalue weighted by atomic mass is 9.99. The number of halogens is 1. The zero-order valence-electron chi connectivity index (χ0n) is 20.5. The first-order valence-corrected chi connectivity index (χ1v) is 12.7. The number of benzene rings is 4. The van der Waals surface area contributed by atoms with Crippen molar-refractivity contribution in [2.45, 2.75) is 38.8 Å². The van der Waals surface area contributed by atoms with Crippen molar-refractivity contribution in [1.82, 2.24) is 10.2 Å². The molecule has 2 amide bonds. The van der Waals surface area contributed by atoms with E-state index in [1.54, 1.807) is 4.90 Å². The van der Waals surface area contributed by atoms with Gasteiger partial charge in [-0.3, -0.25) is 9.59 Å². The van der Waals surface area contributed by atoms with Gasteiger partial charge >= 0.3 is 0 Å². The van der Waals surface area contributed by atoms with Crippen molar-refractivity contribution < 1.29 is 9.59 Å². The average Bonchev–Trinajstić information content (AvgIpc) is 2.91. The van der Waals surface area contributed by atoms with Gasteiger partial charge in [0.25, 0.3) is 0 Å². The molecule has 5 heteroatoms. The number of carbonyl (C=O) groups excluding carboxylic acids is 2. The molecule has 1 atom stereocenters. The maximum absolute atomic E-state index is 13.8. The Morgan fingerprint density at radius 2 is 1.53 bits per heavy atom. The highest BCUT2D eigenvalue weighted by molar-refractivity contribution is 6.30. The second-order valence-electron chi connectivity index (χ2n) is 8.89. The largest absolute Gasteiger partial charge is 0.355 e. The number of aryl methyl sites for hydroxylation is 1. The molecule has 4 nitrogen and oxygen atoms in total. The first-order valence-electron chi connectivity index (χ1n) is 12.4. The van der Waals surface area contributed by atoms with Crippen LogP contribution in [0.5, 0.6) is 0 Å². The lowest BCUT2D eigenvalue weighted by Crippen LogP contribution is -2.50. The van der Waals surface area contributed by atoms with Gasteiger partial charge in [0, 0.05) is 31.0 Å². The van der Waals surface area contributed by atoms with Crippen LogP contribution in [0, 0.1) is 0 Å². The maximum atomic E-state index is 13.8. The molecule has 0 radical (unpaired) electrons. The molecule has 0 unspecified atom stereocenters. The molecule has 0 aliphatic carbocycles. The van der Waals surface area contributed by atoms with E-state index in [0.717, 1.165) is 27.5 Å². The molecular weight excluding hydrogens is 468 g/mol. The summed E-state index contributed by atoms with van der Waals surface area (Å²) in [6.07, 6.45) is 1.36. The van der Waals surface area contributed by atoms with Crippen molar-refractivity contribution in [3.63, 3.8) is 0 Å². The molecule has 4 aromatic carbocycles. The third kappa shape index (κ3) is 6.52. The second kappa shape index (κ2) is 12.4. The highest BCUT2D eigenvalue weighted by Gasteiger charge is 2.30. The molecule has 0 fully saturated rings. The molecule has 0 aromatic heterocycles. The van der Waals surface area contributed by atoms with Gasteiger partial charge in [0.2, 0.25) is 11.8 Å². The minimum Gasteiger partial charge on any atom is -0.355 e. The Labute approximate surface area is 217 Å². The van der Waals surface area contributed by atoms with Crippen LogP contribution < -0.4 is 5.32 Å². The Morgan fingerprint density at radius 1 is 0.833 bits per heavy atom. The topological polar surface area (TPSA) is 49.4 Å². The fourth-order valence-corrected chi connectivity index (χ4v) is 4.65. The fraction of sp³-hybridized carbons (Fsp3) is 0.226. The Hall–Kier alpha value is -3.63. The van der Waals surface area contributed by atoms with Crippen LogP contribution in [-0.2, 0) is 29.0 Å². The van der Waals surface area contributed by atoms with Crippen LogP contribution in [0.2, 0.25) is 5.02 Å². The van der Waals surface area contributed by atoms with Gasteiger partial charge in [0.15, 0.2) is 0 Å². The van der Waals surface area contributed by atoms with Crippen molar-refractivity contribution >= 4 is 34.2 Å². The van der Waals surface area contributed by atoms with Gasteiger partial charge in [-0.15, -0.1) is 0 Å². The van der Waals surface area contributed by atoms with E-state index in [0.29, 0.717) is 37.4 Å². The quantitative estimate of drug-likeness (QED) is 0.283. The van der Waals surface area contributed by atoms with E-state index < -0.39 is 6.04 Å². The molecule has 0 saturated carbocycles. The zero-order chi connectivity index (χ0) is 25.3. The van der Waals surface area contributed by atoms with Crippen LogP contribution in [0.1, 0.15) is 30.0 Å². The molecule has 0 bridgehead atoms. The molecule has 4 aromatic rings. The lowest BCUT2D eigenvalue weighted by Gasteiger charge is -2.31. The monoisotopic (exact) mass is 498 g/mol. The van der Waals surface area contributed by atoms with Crippen LogP contribution in [0.25, 0.3) is 10.8 Å². The summed E-state index contributed by atoms with van der Waals surface area (Å²) in [4.78, 5) is 28.8. The molecule has 4 rings (SSSR count). The minimum absolute atomic E-state index is 0.0509. The van der Waals surface area contributed by atoms with Crippen molar-refractivity contribution in [1.29, 1.82) is 0 Å². The average molecular weight is 499 g/mol. The van der Waals surface area contributed by atoms with Crippen LogP contribution in [0.3, 0.4) is 0 Å². The maximum Gasteiger partial charge on any atom is 0.243 e. The molecule has 36 heavy (non-hydrogen) atoms. The van der Waals surface area contributed by atoms with Crippen LogP contribution >= 0.6 is 11.6 Å². The number of nitrogens with one attached hydrogen (secondary N) is 1. The number of hydrogen-bond acceptors (Lipinski definition) is 2. The van der Waals surface area contributed by atoms with Gasteiger partial charge in [-0.2, -0.15) is 0 Å². The summed E-state index contributed by atoms with van der Waals surface area (Å²) < 4.78 is 0. The molecule has 0 heterocycles. The van der Waals surface area contributed by atoms with Gasteiger partial charge in [0.05, 0.1) is 0 Å². The van der Waals surface area contributed by atoms with E-state index in [1.165, 1.54) is 0 Å². The van der Waals surface area contributed by atoms with Crippen molar-refractivity contribution in [3.05, 3.63) is 119 Å². The molecule has 0 spiro atoms. The number of amides is 2. The smallest absolute Gasteiger partial charge is 0.243 e. The molecule has 0 saturated heterocycles. The summed E-state index contributed by atoms with van der Waals surface area (Å²) in [5.74, 6) is -0.195. The Morgan fingerprint density at radius 3 is 2.28 bits per heavy atom. The first-order chi connectivity index (χ1) is 17.5. The predicted octanol–water partition coefficient (Wildman–Crippen LogP) is 6.20. The number of hydrogen-bond donors (Lipinski definition) is 1. The number of rotatable bonds is 10. The SMILES string of the molecule is CCNC(=O)[C@@H](Cc1ccccc1)N(Cc1ccc(Cl)cc1)C(=O)CCc1cccc2ccccc12. The third-order valence-electron chi connectivity index (χ3n) is 6.38.